The zero-order valence-electron chi connectivity index (χ0n) is 5.87. The molecule has 0 atom stereocenters. The Balaban J connectivity index is 0. The number of hydrogen-bond acceptors (Lipinski definition) is 4. The second-order valence-corrected chi connectivity index (χ2v) is 4.02. The Morgan fingerprint density at radius 2 is 1.80 bits per heavy atom. The molecular formula is C4H12O4Ti2. The number of unbranched alkanes of at least 4 members (excludes halogenated alkanes) is 1. The fourth-order valence-corrected chi connectivity index (χ4v) is 1.01. The molecule has 0 radical (unpaired) electrons. The third-order valence-corrected chi connectivity index (χ3v) is 1.72. The van der Waals surface area contributed by atoms with E-state index in [0.29, 0.717) is 0 Å². The molecule has 0 aromatic carbocycles. The molecule has 4 nitrogen and oxygen atoms in total. The van der Waals surface area contributed by atoms with Crippen molar-refractivity contribution >= 4 is 0 Å². The molecule has 0 heterocycles. The van der Waals surface area contributed by atoms with Crippen molar-refractivity contribution in [2.75, 3.05) is 6.61 Å². The summed E-state index contributed by atoms with van der Waals surface area (Å²) in [6, 6.07) is 0. The van der Waals surface area contributed by atoms with E-state index >= 15 is 0 Å². The van der Waals surface area contributed by atoms with Crippen molar-refractivity contribution in [3.8, 4) is 0 Å². The van der Waals surface area contributed by atoms with Gasteiger partial charge in [0.1, 0.15) is 0 Å². The first kappa shape index (κ1) is 13.8. The normalized spacial score (nSPS) is 10.8. The van der Waals surface area contributed by atoms with E-state index in [-0.39, 0.29) is 28.3 Å². The fourth-order valence-electron chi connectivity index (χ4n) is 0.353. The molecule has 0 saturated carbocycles. The maximum absolute atomic E-state index is 8.32. The van der Waals surface area contributed by atoms with Crippen molar-refractivity contribution in [2.45, 2.75) is 19.8 Å². The molecule has 6 heteroatoms. The number of hydrogen-bond donors (Lipinski definition) is 3. The summed E-state index contributed by atoms with van der Waals surface area (Å²) in [6.45, 7) is 2.18. The molecule has 0 saturated heterocycles. The van der Waals surface area contributed by atoms with Crippen LogP contribution in [0.3, 0.4) is 0 Å². The maximum Gasteiger partial charge on any atom is 0 e. The van der Waals surface area contributed by atoms with Crippen LogP contribution in [0.4, 0.5) is 0 Å². The summed E-state index contributed by atoms with van der Waals surface area (Å²) in [5.41, 5.74) is 0. The molecule has 60 valence electrons. The zero-order chi connectivity index (χ0) is 7.33. The minimum Gasteiger partial charge on any atom is 0 e. The van der Waals surface area contributed by atoms with Gasteiger partial charge in [-0.15, -0.1) is 0 Å². The van der Waals surface area contributed by atoms with Gasteiger partial charge in [-0.3, -0.25) is 0 Å². The number of rotatable bonds is 4. The van der Waals surface area contributed by atoms with Crippen molar-refractivity contribution in [3.05, 3.63) is 0 Å². The van der Waals surface area contributed by atoms with Gasteiger partial charge in [0.15, 0.2) is 0 Å². The monoisotopic (exact) mass is 220 g/mol. The minimum absolute atomic E-state index is 0. The second-order valence-electron chi connectivity index (χ2n) is 1.78. The van der Waals surface area contributed by atoms with E-state index in [1.807, 2.05) is 6.92 Å². The Kier molecular flexibility index (Phi) is 9.61. The third-order valence-electron chi connectivity index (χ3n) is 0.794. The molecular weight excluding hydrogens is 208 g/mol. The van der Waals surface area contributed by atoms with E-state index in [0.717, 1.165) is 12.8 Å². The maximum atomic E-state index is 8.32. The first-order valence-electron chi connectivity index (χ1n) is 2.87. The van der Waals surface area contributed by atoms with Crippen molar-refractivity contribution < 1.29 is 54.2 Å². The largest absolute Gasteiger partial charge is 0 e. The van der Waals surface area contributed by atoms with Crippen molar-refractivity contribution in [1.29, 1.82) is 0 Å². The molecule has 0 aliphatic rings. The van der Waals surface area contributed by atoms with Gasteiger partial charge in [0.05, 0.1) is 0 Å². The zero-order valence-corrected chi connectivity index (χ0v) is 8.99. The van der Waals surface area contributed by atoms with Crippen LogP contribution in [0.5, 0.6) is 0 Å². The topological polar surface area (TPSA) is 69.9 Å². The van der Waals surface area contributed by atoms with Crippen molar-refractivity contribution in [3.63, 3.8) is 0 Å². The van der Waals surface area contributed by atoms with Crippen molar-refractivity contribution in [2.24, 2.45) is 0 Å². The quantitative estimate of drug-likeness (QED) is 0.445. The smallest absolute Gasteiger partial charge is 0 e. The Morgan fingerprint density at radius 1 is 1.30 bits per heavy atom. The van der Waals surface area contributed by atoms with Gasteiger partial charge in [-0.1, -0.05) is 0 Å². The van der Waals surface area contributed by atoms with Crippen molar-refractivity contribution in [1.82, 2.24) is 0 Å². The fraction of sp³-hybridized carbons (Fsp3) is 1.00. The van der Waals surface area contributed by atoms with E-state index in [4.69, 9.17) is 11.1 Å². The van der Waals surface area contributed by atoms with Crippen LogP contribution < -0.4 is 0 Å². The van der Waals surface area contributed by atoms with Gasteiger partial charge in [-0.2, -0.15) is 0 Å². The Labute approximate surface area is 80.4 Å². The summed E-state index contributed by atoms with van der Waals surface area (Å²) in [5.74, 6) is 0. The van der Waals surface area contributed by atoms with Gasteiger partial charge in [0, 0.05) is 21.7 Å². The predicted molar refractivity (Wildman–Crippen MR) is 27.5 cm³/mol. The first-order chi connectivity index (χ1) is 4.06. The summed E-state index contributed by atoms with van der Waals surface area (Å²) >= 11 is -4.63. The molecule has 0 aromatic heterocycles. The van der Waals surface area contributed by atoms with E-state index in [9.17, 15) is 0 Å². The van der Waals surface area contributed by atoms with Gasteiger partial charge in [-0.05, 0) is 0 Å². The summed E-state index contributed by atoms with van der Waals surface area (Å²) in [6.07, 6.45) is 1.66. The summed E-state index contributed by atoms with van der Waals surface area (Å²) in [4.78, 5) is 0. The summed E-state index contributed by atoms with van der Waals surface area (Å²) in [5, 5.41) is 0. The molecule has 0 fully saturated rings. The molecule has 0 unspecified atom stereocenters. The van der Waals surface area contributed by atoms with E-state index in [1.54, 1.807) is 0 Å². The van der Waals surface area contributed by atoms with Crippen LogP contribution in [-0.2, 0) is 43.2 Å². The first-order valence-corrected chi connectivity index (χ1v) is 5.60. The average molecular weight is 220 g/mol. The molecule has 0 amide bonds. The third kappa shape index (κ3) is 12.0. The molecule has 0 aromatic rings. The van der Waals surface area contributed by atoms with Gasteiger partial charge >= 0.3 is 58.9 Å². The molecule has 0 aliphatic carbocycles. The average Bonchev–Trinajstić information content (AvgIpc) is 1.63. The predicted octanol–water partition coefficient (Wildman–Crippen LogP) is -0.409. The van der Waals surface area contributed by atoms with E-state index in [2.05, 4.69) is 3.32 Å². The molecule has 3 N–H and O–H groups in total. The van der Waals surface area contributed by atoms with Gasteiger partial charge in [0.2, 0.25) is 0 Å². The Hall–Kier alpha value is 1.27. The van der Waals surface area contributed by atoms with Gasteiger partial charge in [-0.25, -0.2) is 0 Å². The summed E-state index contributed by atoms with van der Waals surface area (Å²) < 4.78 is 29.3. The molecule has 10 heavy (non-hydrogen) atoms. The SMILES string of the molecule is CCCC[O][Ti]([OH])([OH])[OH].[Ti]. The van der Waals surface area contributed by atoms with Gasteiger partial charge in [0.25, 0.3) is 0 Å². The molecule has 0 bridgehead atoms. The van der Waals surface area contributed by atoms with Gasteiger partial charge < -0.3 is 0 Å². The van der Waals surface area contributed by atoms with Crippen LogP contribution in [0.1, 0.15) is 19.8 Å². The molecule has 0 aliphatic heterocycles. The Bertz CT molecular complexity index is 72.1. The molecule has 0 spiro atoms. The van der Waals surface area contributed by atoms with E-state index < -0.39 is 18.1 Å². The summed E-state index contributed by atoms with van der Waals surface area (Å²) in [7, 11) is 0. The Morgan fingerprint density at radius 3 is 2.10 bits per heavy atom. The molecule has 0 rings (SSSR count). The van der Waals surface area contributed by atoms with Crippen LogP contribution in [0.2, 0.25) is 0 Å². The van der Waals surface area contributed by atoms with E-state index in [1.165, 1.54) is 0 Å². The van der Waals surface area contributed by atoms with Crippen LogP contribution in [0.15, 0.2) is 0 Å². The van der Waals surface area contributed by atoms with Crippen LogP contribution in [0.25, 0.3) is 0 Å². The second kappa shape index (κ2) is 6.95. The van der Waals surface area contributed by atoms with Crippen LogP contribution in [-0.4, -0.2) is 17.7 Å². The van der Waals surface area contributed by atoms with Crippen LogP contribution in [0, 0.1) is 0 Å². The minimum atomic E-state index is -4.63. The standard InChI is InChI=1S/C4H9O.3H2O.2Ti/c1-2-3-4-5;;;;;/h2-4H2,1H3;3*1H2;;/q-1;;;;;+4/p-3. The van der Waals surface area contributed by atoms with Crippen LogP contribution >= 0.6 is 0 Å².